The van der Waals surface area contributed by atoms with Crippen molar-refractivity contribution < 1.29 is 73.3 Å². The second kappa shape index (κ2) is 9.57. The van der Waals surface area contributed by atoms with Crippen LogP contribution in [0.1, 0.15) is 26.0 Å². The molecule has 2 amide bonds. The molecule has 3 aliphatic rings. The maximum atomic E-state index is 13.0. The van der Waals surface area contributed by atoms with E-state index in [2.05, 4.69) is 15.5 Å². The normalized spacial score (nSPS) is 27.5. The fourth-order valence-corrected chi connectivity index (χ4v) is 5.78. The first-order valence-corrected chi connectivity index (χ1v) is 11.7. The second-order valence-corrected chi connectivity index (χ2v) is 10.3. The number of carboxylic acid groups (broad SMARTS) is 2. The van der Waals surface area contributed by atoms with Crippen LogP contribution in [0.25, 0.3) is 0 Å². The average Bonchev–Trinajstić information content (AvgIpc) is 3.33. The number of nitrogens with zero attached hydrogens (tertiary/aromatic N) is 3. The van der Waals surface area contributed by atoms with Gasteiger partial charge >= 0.3 is 41.5 Å². The Morgan fingerprint density at radius 2 is 2.11 bits per heavy atom. The van der Waals surface area contributed by atoms with Crippen LogP contribution in [0, 0.1) is 0 Å². The molecule has 3 aliphatic heterocycles. The smallest absolute Gasteiger partial charge is 0.544 e. The Bertz CT molecular complexity index is 1140. The minimum atomic E-state index is -2.24. The van der Waals surface area contributed by atoms with Crippen molar-refractivity contribution >= 4 is 63.7 Å². The largest absolute Gasteiger partial charge is 1.00 e. The van der Waals surface area contributed by atoms with Crippen molar-refractivity contribution in [3.8, 4) is 0 Å². The summed E-state index contributed by atoms with van der Waals surface area (Å²) in [5, 5.41) is 27.9. The Morgan fingerprint density at radius 3 is 2.69 bits per heavy atom. The van der Waals surface area contributed by atoms with Crippen LogP contribution < -0.4 is 45.7 Å². The third-order valence-electron chi connectivity index (χ3n) is 5.54. The molecule has 4 atom stereocenters. The van der Waals surface area contributed by atoms with Gasteiger partial charge in [-0.15, -0.1) is 23.1 Å². The van der Waals surface area contributed by atoms with E-state index in [1.807, 2.05) is 0 Å². The van der Waals surface area contributed by atoms with E-state index in [4.69, 9.17) is 15.3 Å². The van der Waals surface area contributed by atoms with Crippen LogP contribution in [0.3, 0.4) is 0 Å². The van der Waals surface area contributed by atoms with Gasteiger partial charge < -0.3 is 35.6 Å². The van der Waals surface area contributed by atoms with Crippen LogP contribution in [0.2, 0.25) is 0 Å². The van der Waals surface area contributed by atoms with E-state index >= 15 is 0 Å². The van der Waals surface area contributed by atoms with E-state index in [-0.39, 0.29) is 52.6 Å². The average molecular weight is 535 g/mol. The van der Waals surface area contributed by atoms with Crippen molar-refractivity contribution in [2.45, 2.75) is 48.9 Å². The van der Waals surface area contributed by atoms with E-state index in [1.54, 1.807) is 0 Å². The SMILES string of the molecule is CC(C)(O/N=C(/C(=O)N[C@@H]1C(=O)N2[C@@H]1CS[C@@H]1CC(=O)O[C@]12C(=O)[O-])c1csc(N)n1)C(=O)O.[Na+]. The van der Waals surface area contributed by atoms with E-state index < -0.39 is 64.1 Å². The summed E-state index contributed by atoms with van der Waals surface area (Å²) in [5.74, 6) is -5.31. The first kappa shape index (κ1) is 27.2. The van der Waals surface area contributed by atoms with Gasteiger partial charge in [-0.2, -0.15) is 0 Å². The number of thiazole rings is 1. The fourth-order valence-electron chi connectivity index (χ4n) is 3.73. The van der Waals surface area contributed by atoms with E-state index in [0.717, 1.165) is 28.0 Å². The molecule has 0 bridgehead atoms. The van der Waals surface area contributed by atoms with Crippen molar-refractivity contribution in [2.75, 3.05) is 11.5 Å². The molecule has 0 unspecified atom stereocenters. The molecule has 0 saturated carbocycles. The number of ether oxygens (including phenoxy) is 1. The zero-order valence-corrected chi connectivity index (χ0v) is 22.3. The number of β-lactam (4-membered cyclic amide) rings is 1. The first-order valence-electron chi connectivity index (χ1n) is 9.78. The summed E-state index contributed by atoms with van der Waals surface area (Å²) in [4.78, 5) is 70.8. The van der Waals surface area contributed by atoms with Gasteiger partial charge in [0, 0.05) is 11.1 Å². The number of rotatable bonds is 7. The summed E-state index contributed by atoms with van der Waals surface area (Å²) in [7, 11) is 0. The molecule has 14 nitrogen and oxygen atoms in total. The monoisotopic (exact) mass is 535 g/mol. The fraction of sp³-hybridized carbons (Fsp3) is 0.500. The Hall–Kier alpha value is -2.40. The molecule has 4 rings (SSSR count). The number of hydrogen-bond acceptors (Lipinski definition) is 13. The zero-order valence-electron chi connectivity index (χ0n) is 18.7. The number of carboxylic acids is 2. The van der Waals surface area contributed by atoms with Crippen LogP contribution in [-0.2, 0) is 33.5 Å². The van der Waals surface area contributed by atoms with E-state index in [0.29, 0.717) is 0 Å². The molecule has 0 aliphatic carbocycles. The molecule has 0 spiro atoms. The molecule has 4 heterocycles. The minimum absolute atomic E-state index is 0. The quantitative estimate of drug-likeness (QED) is 0.0980. The molecular formula is C18H18N5NaO9S2. The summed E-state index contributed by atoms with van der Waals surface area (Å²) in [6.07, 6.45) is -0.190. The molecule has 1 aromatic heterocycles. The number of fused-ring (bicyclic) bond motifs is 3. The molecule has 1 aromatic rings. The van der Waals surface area contributed by atoms with Gasteiger partial charge in [0.05, 0.1) is 17.7 Å². The number of amides is 2. The summed E-state index contributed by atoms with van der Waals surface area (Å²) in [5.41, 5.74) is 1.15. The number of oxime groups is 1. The number of thioether (sulfide) groups is 1. The van der Waals surface area contributed by atoms with Gasteiger partial charge in [0.2, 0.25) is 11.3 Å². The van der Waals surface area contributed by atoms with Gasteiger partial charge in [-0.05, 0) is 13.8 Å². The second-order valence-electron chi connectivity index (χ2n) is 8.13. The summed E-state index contributed by atoms with van der Waals surface area (Å²) >= 11 is 2.12. The van der Waals surface area contributed by atoms with Gasteiger partial charge in [0.15, 0.2) is 10.8 Å². The van der Waals surface area contributed by atoms with Crippen molar-refractivity contribution in [1.82, 2.24) is 15.2 Å². The number of nitrogen functional groups attached to an aromatic ring is 1. The predicted octanol–water partition coefficient (Wildman–Crippen LogP) is -5.48. The summed E-state index contributed by atoms with van der Waals surface area (Å²) in [6, 6.07) is -1.97. The van der Waals surface area contributed by atoms with Crippen molar-refractivity contribution in [1.29, 1.82) is 0 Å². The Balaban J connectivity index is 0.00000342. The number of anilines is 1. The van der Waals surface area contributed by atoms with Crippen LogP contribution in [0.4, 0.5) is 5.13 Å². The number of carbonyl (C=O) groups is 5. The topological polar surface area (TPSA) is 214 Å². The number of esters is 1. The van der Waals surface area contributed by atoms with Gasteiger partial charge in [-0.3, -0.25) is 19.3 Å². The number of aliphatic carboxylic acids is 2. The van der Waals surface area contributed by atoms with E-state index in [9.17, 15) is 34.2 Å². The molecule has 17 heteroatoms. The van der Waals surface area contributed by atoms with Crippen LogP contribution >= 0.6 is 23.1 Å². The van der Waals surface area contributed by atoms with Crippen LogP contribution in [0.5, 0.6) is 0 Å². The molecule has 3 fully saturated rings. The number of aromatic nitrogens is 1. The molecule has 0 aromatic carbocycles. The third kappa shape index (κ3) is 4.48. The van der Waals surface area contributed by atoms with E-state index in [1.165, 1.54) is 19.2 Å². The summed E-state index contributed by atoms with van der Waals surface area (Å²) in [6.45, 7) is 2.43. The zero-order chi connectivity index (χ0) is 25.0. The molecule has 3 saturated heterocycles. The molecule has 4 N–H and O–H groups in total. The Kier molecular flexibility index (Phi) is 7.44. The molecular weight excluding hydrogens is 517 g/mol. The van der Waals surface area contributed by atoms with Crippen molar-refractivity contribution in [3.05, 3.63) is 11.1 Å². The standard InChI is InChI=1S/C18H19N5O9S2.Na/c1-17(2,14(27)28)32-22-10(6-4-34-16(19)20-6)12(25)21-11-7-5-33-8-3-9(24)31-18(8,15(29)30)23(7)13(11)26;/h4,7-8,11H,3,5H2,1-2H3,(H2,19,20)(H,21,25)(H,27,28)(H,29,30);/q;+1/p-1/b22-10+;/t7-,8-,11+,18+;/m1./s1. The molecule has 182 valence electrons. The van der Waals surface area contributed by atoms with Gasteiger partial charge in [0.1, 0.15) is 17.7 Å². The minimum Gasteiger partial charge on any atom is -0.544 e. The van der Waals surface area contributed by atoms with Gasteiger partial charge in [0.25, 0.3) is 11.8 Å². The number of nitrogens with two attached hydrogens (primary N) is 1. The van der Waals surface area contributed by atoms with Crippen molar-refractivity contribution in [2.24, 2.45) is 5.16 Å². The first-order chi connectivity index (χ1) is 15.9. The van der Waals surface area contributed by atoms with Crippen LogP contribution in [0.15, 0.2) is 10.5 Å². The number of hydrogen-bond donors (Lipinski definition) is 3. The number of carbonyl (C=O) groups excluding carboxylic acids is 4. The molecule has 35 heavy (non-hydrogen) atoms. The number of nitrogens with one attached hydrogen (secondary N) is 1. The van der Waals surface area contributed by atoms with Crippen LogP contribution in [-0.4, -0.2) is 84.8 Å². The maximum absolute atomic E-state index is 13.0. The maximum Gasteiger partial charge on any atom is 1.00 e. The summed E-state index contributed by atoms with van der Waals surface area (Å²) < 4.78 is 5.04. The van der Waals surface area contributed by atoms with Gasteiger partial charge in [-0.25, -0.2) is 9.78 Å². The molecule has 0 radical (unpaired) electrons. The predicted molar refractivity (Wildman–Crippen MR) is 113 cm³/mol. The Morgan fingerprint density at radius 1 is 1.43 bits per heavy atom. The van der Waals surface area contributed by atoms with Gasteiger partial charge in [-0.1, -0.05) is 5.16 Å². The third-order valence-corrected chi connectivity index (χ3v) is 7.64. The van der Waals surface area contributed by atoms with Crippen molar-refractivity contribution in [3.63, 3.8) is 0 Å². The Labute approximate surface area is 227 Å².